The number of phenolic OH excluding ortho intramolecular Hbond substituents is 1. The second-order valence-corrected chi connectivity index (χ2v) is 8.69. The number of Topliss-reactive ketones (excluding diaryl/α,β-unsaturated/α-hetero) is 1. The van der Waals surface area contributed by atoms with Gasteiger partial charge in [-0.15, -0.1) is 0 Å². The fourth-order valence-electron chi connectivity index (χ4n) is 4.12. The summed E-state index contributed by atoms with van der Waals surface area (Å²) >= 11 is 0. The van der Waals surface area contributed by atoms with Crippen LogP contribution in [0.4, 0.5) is 8.78 Å². The van der Waals surface area contributed by atoms with Crippen molar-refractivity contribution in [1.29, 1.82) is 0 Å². The van der Waals surface area contributed by atoms with Crippen LogP contribution in [0.3, 0.4) is 0 Å². The lowest BCUT2D eigenvalue weighted by molar-refractivity contribution is -0.139. The molecule has 1 aliphatic carbocycles. The number of phenols is 1. The van der Waals surface area contributed by atoms with Crippen LogP contribution in [0.2, 0.25) is 0 Å². The van der Waals surface area contributed by atoms with Crippen LogP contribution in [0.1, 0.15) is 35.7 Å². The summed E-state index contributed by atoms with van der Waals surface area (Å²) in [6.45, 7) is 2.97. The van der Waals surface area contributed by atoms with Crippen molar-refractivity contribution in [3.63, 3.8) is 0 Å². The van der Waals surface area contributed by atoms with Gasteiger partial charge in [-0.05, 0) is 55.7 Å². The molecule has 0 spiro atoms. The third-order valence-electron chi connectivity index (χ3n) is 5.99. The largest absolute Gasteiger partial charge is 0.505 e. The van der Waals surface area contributed by atoms with Crippen LogP contribution in [-0.2, 0) is 9.59 Å². The first-order valence-corrected chi connectivity index (χ1v) is 11.2. The summed E-state index contributed by atoms with van der Waals surface area (Å²) in [5.74, 6) is -4.81. The normalized spacial score (nSPS) is 12.0. The quantitative estimate of drug-likeness (QED) is 0.314. The molecule has 190 valence electrons. The molecule has 0 unspecified atom stereocenters. The molecule has 0 saturated carbocycles. The van der Waals surface area contributed by atoms with Crippen LogP contribution in [0.5, 0.6) is 5.75 Å². The van der Waals surface area contributed by atoms with E-state index in [1.54, 1.807) is 6.92 Å². The standard InChI is InChI=1S/C27H21F2NO7/c1-12-7-14(26(34)30-20(27(35)36)6-3-13(2)31)4-5-15(12)25-16-8-18(28)21(32)10-23(16)37-24-11-22(33)19(29)9-17(24)25/h4-5,7-11,20,32H,3,6H2,1-2H3,(H,30,34)(H,35,36)/t20-/m0/s1. The second-order valence-electron chi connectivity index (χ2n) is 8.69. The van der Waals surface area contributed by atoms with Crippen LogP contribution in [0.25, 0.3) is 33.4 Å². The average molecular weight is 509 g/mol. The number of amides is 1. The molecule has 0 bridgehead atoms. The highest BCUT2D eigenvalue weighted by Crippen LogP contribution is 2.42. The molecule has 0 radical (unpaired) electrons. The third kappa shape index (κ3) is 5.04. The fraction of sp³-hybridized carbons (Fsp3) is 0.185. The van der Waals surface area contributed by atoms with Crippen LogP contribution < -0.4 is 10.7 Å². The molecule has 1 heterocycles. The predicted molar refractivity (Wildman–Crippen MR) is 130 cm³/mol. The predicted octanol–water partition coefficient (Wildman–Crippen LogP) is 4.41. The molecular weight excluding hydrogens is 488 g/mol. The summed E-state index contributed by atoms with van der Waals surface area (Å²) in [6, 6.07) is 7.16. The van der Waals surface area contributed by atoms with Gasteiger partial charge in [-0.3, -0.25) is 9.59 Å². The summed E-state index contributed by atoms with van der Waals surface area (Å²) in [5.41, 5.74) is 0.696. The number of nitrogens with one attached hydrogen (secondary N) is 1. The Labute approximate surface area is 208 Å². The van der Waals surface area contributed by atoms with Gasteiger partial charge >= 0.3 is 5.97 Å². The van der Waals surface area contributed by atoms with Gasteiger partial charge in [0.2, 0.25) is 5.43 Å². The number of carboxylic acids is 1. The lowest BCUT2D eigenvalue weighted by atomic mass is 9.90. The minimum atomic E-state index is -1.28. The Hall–Kier alpha value is -4.60. The number of ketones is 1. The van der Waals surface area contributed by atoms with Crippen LogP contribution >= 0.6 is 0 Å². The van der Waals surface area contributed by atoms with Gasteiger partial charge in [0.05, 0.1) is 0 Å². The van der Waals surface area contributed by atoms with E-state index in [0.29, 0.717) is 16.7 Å². The zero-order valence-electron chi connectivity index (χ0n) is 19.7. The number of carbonyl (C=O) groups excluding carboxylic acids is 2. The van der Waals surface area contributed by atoms with Crippen molar-refractivity contribution < 1.29 is 37.8 Å². The second kappa shape index (κ2) is 9.81. The zero-order chi connectivity index (χ0) is 27.0. The van der Waals surface area contributed by atoms with Crippen LogP contribution in [-0.4, -0.2) is 33.9 Å². The number of hydrogen-bond acceptors (Lipinski definition) is 6. The molecule has 10 heteroatoms. The number of rotatable bonds is 7. The number of aromatic hydroxyl groups is 1. The number of fused-ring (bicyclic) bond motifs is 2. The Balaban J connectivity index is 1.82. The molecule has 2 aromatic carbocycles. The number of aryl methyl sites for hydroxylation is 1. The molecule has 0 saturated heterocycles. The van der Waals surface area contributed by atoms with Gasteiger partial charge in [-0.25, -0.2) is 13.6 Å². The van der Waals surface area contributed by atoms with E-state index in [-0.39, 0.29) is 46.5 Å². The SMILES string of the molecule is CC(=O)CC[C@H](NC(=O)c1ccc(-c2c3cc(F)c(=O)cc-3oc3cc(O)c(F)cc23)c(C)c1)C(=O)O. The summed E-state index contributed by atoms with van der Waals surface area (Å²) < 4.78 is 34.2. The first-order chi connectivity index (χ1) is 17.5. The molecule has 1 atom stereocenters. The molecule has 1 aliphatic heterocycles. The summed E-state index contributed by atoms with van der Waals surface area (Å²) in [4.78, 5) is 47.4. The number of carbonyl (C=O) groups is 3. The van der Waals surface area contributed by atoms with E-state index in [0.717, 1.165) is 24.3 Å². The number of halogens is 2. The average Bonchev–Trinajstić information content (AvgIpc) is 2.82. The van der Waals surface area contributed by atoms with Crippen molar-refractivity contribution in [3.8, 4) is 28.2 Å². The molecule has 3 N–H and O–H groups in total. The van der Waals surface area contributed by atoms with Gasteiger partial charge in [0.1, 0.15) is 23.2 Å². The van der Waals surface area contributed by atoms with E-state index in [9.17, 15) is 38.2 Å². The highest BCUT2D eigenvalue weighted by molar-refractivity contribution is 6.04. The Bertz CT molecular complexity index is 1610. The highest BCUT2D eigenvalue weighted by Gasteiger charge is 2.24. The maximum atomic E-state index is 14.3. The van der Waals surface area contributed by atoms with E-state index in [4.69, 9.17) is 4.42 Å². The summed E-state index contributed by atoms with van der Waals surface area (Å²) in [5, 5.41) is 21.8. The van der Waals surface area contributed by atoms with Crippen molar-refractivity contribution in [3.05, 3.63) is 75.4 Å². The van der Waals surface area contributed by atoms with E-state index in [1.165, 1.54) is 25.1 Å². The molecule has 4 rings (SSSR count). The number of hydrogen-bond donors (Lipinski definition) is 3. The van der Waals surface area contributed by atoms with Gasteiger partial charge in [0.25, 0.3) is 5.91 Å². The Morgan fingerprint density at radius 2 is 1.76 bits per heavy atom. The maximum absolute atomic E-state index is 14.3. The maximum Gasteiger partial charge on any atom is 0.326 e. The smallest absolute Gasteiger partial charge is 0.326 e. The zero-order valence-corrected chi connectivity index (χ0v) is 19.7. The van der Waals surface area contributed by atoms with Gasteiger partial charge in [-0.1, -0.05) is 6.07 Å². The van der Waals surface area contributed by atoms with Gasteiger partial charge in [0, 0.05) is 40.6 Å². The van der Waals surface area contributed by atoms with E-state index in [2.05, 4.69) is 5.32 Å². The molecule has 2 aliphatic rings. The lowest BCUT2D eigenvalue weighted by Crippen LogP contribution is -2.41. The van der Waals surface area contributed by atoms with Crippen molar-refractivity contribution in [1.82, 2.24) is 5.32 Å². The Morgan fingerprint density at radius 1 is 1.03 bits per heavy atom. The molecule has 0 aromatic heterocycles. The van der Waals surface area contributed by atoms with E-state index >= 15 is 0 Å². The topological polar surface area (TPSA) is 134 Å². The van der Waals surface area contributed by atoms with Crippen molar-refractivity contribution in [2.75, 3.05) is 0 Å². The number of aliphatic carboxylic acids is 1. The van der Waals surface area contributed by atoms with E-state index in [1.807, 2.05) is 0 Å². The van der Waals surface area contributed by atoms with Crippen LogP contribution in [0, 0.1) is 18.6 Å². The van der Waals surface area contributed by atoms with Gasteiger partial charge in [0.15, 0.2) is 17.4 Å². The molecule has 1 amide bonds. The molecular formula is C27H21F2NO7. The van der Waals surface area contributed by atoms with E-state index < -0.39 is 40.7 Å². The number of carboxylic acid groups (broad SMARTS) is 1. The molecule has 8 nitrogen and oxygen atoms in total. The summed E-state index contributed by atoms with van der Waals surface area (Å²) in [7, 11) is 0. The van der Waals surface area contributed by atoms with Crippen molar-refractivity contribution in [2.45, 2.75) is 32.7 Å². The van der Waals surface area contributed by atoms with Crippen LogP contribution in [0.15, 0.2) is 51.7 Å². The first kappa shape index (κ1) is 25.5. The minimum Gasteiger partial charge on any atom is -0.505 e. The summed E-state index contributed by atoms with van der Waals surface area (Å²) in [6.07, 6.45) is -0.0766. The third-order valence-corrected chi connectivity index (χ3v) is 5.99. The lowest BCUT2D eigenvalue weighted by Gasteiger charge is -2.18. The molecule has 0 fully saturated rings. The Morgan fingerprint density at radius 3 is 2.41 bits per heavy atom. The number of benzene rings is 3. The van der Waals surface area contributed by atoms with Gasteiger partial charge in [-0.2, -0.15) is 0 Å². The van der Waals surface area contributed by atoms with Crippen molar-refractivity contribution in [2.24, 2.45) is 0 Å². The Kier molecular flexibility index (Phi) is 6.76. The molecule has 2 aromatic rings. The fourth-order valence-corrected chi connectivity index (χ4v) is 4.12. The van der Waals surface area contributed by atoms with Crippen molar-refractivity contribution >= 4 is 28.6 Å². The monoisotopic (exact) mass is 509 g/mol. The highest BCUT2D eigenvalue weighted by atomic mass is 19.1. The molecule has 37 heavy (non-hydrogen) atoms. The minimum absolute atomic E-state index is 0.0101. The van der Waals surface area contributed by atoms with Gasteiger partial charge < -0.3 is 24.7 Å². The first-order valence-electron chi connectivity index (χ1n) is 11.2.